The number of nitrogens with one attached hydrogen (secondary N) is 1. The van der Waals surface area contributed by atoms with E-state index in [1.165, 1.54) is 0 Å². The fourth-order valence-electron chi connectivity index (χ4n) is 1.26. The van der Waals surface area contributed by atoms with E-state index >= 15 is 0 Å². The number of fused-ring (bicyclic) bond motifs is 1. The molecular weight excluding hydrogens is 314 g/mol. The Morgan fingerprint density at radius 3 is 2.79 bits per heavy atom. The molecule has 1 heterocycles. The van der Waals surface area contributed by atoms with E-state index in [-0.39, 0.29) is 0 Å². The Bertz CT molecular complexity index is 482. The second-order valence-electron chi connectivity index (χ2n) is 2.90. The highest BCUT2D eigenvalue weighted by Gasteiger charge is 2.07. The number of carbonyl (C=O) groups is 1. The van der Waals surface area contributed by atoms with Gasteiger partial charge in [0.15, 0.2) is 0 Å². The summed E-state index contributed by atoms with van der Waals surface area (Å²) in [6.45, 7) is 0. The predicted molar refractivity (Wildman–Crippen MR) is 64.5 cm³/mol. The molecule has 5 heteroatoms. The molecule has 0 saturated carbocycles. The lowest BCUT2D eigenvalue weighted by Gasteiger charge is -1.94. The Morgan fingerprint density at radius 1 is 1.43 bits per heavy atom. The van der Waals surface area contributed by atoms with E-state index in [1.54, 1.807) is 12.1 Å². The van der Waals surface area contributed by atoms with Gasteiger partial charge in [-0.2, -0.15) is 0 Å². The summed E-state index contributed by atoms with van der Waals surface area (Å²) in [5.41, 5.74) is 6.37. The van der Waals surface area contributed by atoms with Crippen LogP contribution in [0.1, 0.15) is 10.5 Å². The van der Waals surface area contributed by atoms with Crippen LogP contribution in [0.2, 0.25) is 5.02 Å². The third-order valence-electron chi connectivity index (χ3n) is 1.93. The Balaban J connectivity index is 2.72. The van der Waals surface area contributed by atoms with Gasteiger partial charge in [0, 0.05) is 14.5 Å². The molecule has 0 aliphatic carbocycles. The number of aromatic nitrogens is 1. The first-order valence-corrected chi connectivity index (χ1v) is 5.31. The van der Waals surface area contributed by atoms with Crippen LogP contribution >= 0.6 is 34.2 Å². The summed E-state index contributed by atoms with van der Waals surface area (Å²) in [6, 6.07) is 5.41. The Hall–Kier alpha value is -0.750. The summed E-state index contributed by atoms with van der Waals surface area (Å²) < 4.78 is 0.951. The van der Waals surface area contributed by atoms with Crippen LogP contribution in [0.4, 0.5) is 0 Å². The number of amides is 1. The van der Waals surface area contributed by atoms with Crippen molar-refractivity contribution >= 4 is 51.0 Å². The number of hydrogen-bond donors (Lipinski definition) is 2. The van der Waals surface area contributed by atoms with Crippen molar-refractivity contribution in [3.8, 4) is 0 Å². The third-order valence-corrected chi connectivity index (χ3v) is 3.45. The standard InChI is InChI=1S/C9H6ClIN2O/c10-5-3-7-4(1-6(5)11)2-8(13-7)9(12)14/h1-3,13H,(H2,12,14). The molecule has 0 aliphatic rings. The third kappa shape index (κ3) is 1.59. The van der Waals surface area contributed by atoms with E-state index in [4.69, 9.17) is 17.3 Å². The van der Waals surface area contributed by atoms with Gasteiger partial charge in [0.1, 0.15) is 5.69 Å². The van der Waals surface area contributed by atoms with Crippen LogP contribution in [0, 0.1) is 3.57 Å². The molecule has 1 aromatic heterocycles. The van der Waals surface area contributed by atoms with Gasteiger partial charge in [-0.3, -0.25) is 4.79 Å². The van der Waals surface area contributed by atoms with E-state index in [0.29, 0.717) is 10.7 Å². The highest BCUT2D eigenvalue weighted by molar-refractivity contribution is 14.1. The molecule has 3 N–H and O–H groups in total. The summed E-state index contributed by atoms with van der Waals surface area (Å²) >= 11 is 8.07. The quantitative estimate of drug-likeness (QED) is 0.779. The number of halogens is 2. The lowest BCUT2D eigenvalue weighted by Crippen LogP contribution is -2.10. The molecule has 0 aliphatic heterocycles. The second kappa shape index (κ2) is 3.43. The van der Waals surface area contributed by atoms with Gasteiger partial charge in [-0.05, 0) is 40.8 Å². The highest BCUT2D eigenvalue weighted by Crippen LogP contribution is 2.25. The van der Waals surface area contributed by atoms with E-state index < -0.39 is 5.91 Å². The number of primary amides is 1. The van der Waals surface area contributed by atoms with Crippen LogP contribution in [0.3, 0.4) is 0 Å². The molecule has 72 valence electrons. The van der Waals surface area contributed by atoms with Crippen molar-refractivity contribution in [2.45, 2.75) is 0 Å². The summed E-state index contributed by atoms with van der Waals surface area (Å²) in [6.07, 6.45) is 0. The average Bonchev–Trinajstić information content (AvgIpc) is 2.48. The minimum Gasteiger partial charge on any atom is -0.364 e. The first-order chi connectivity index (χ1) is 6.58. The van der Waals surface area contributed by atoms with Crippen molar-refractivity contribution in [3.63, 3.8) is 0 Å². The van der Waals surface area contributed by atoms with Crippen LogP contribution in [-0.4, -0.2) is 10.9 Å². The number of benzene rings is 1. The Morgan fingerprint density at radius 2 is 2.14 bits per heavy atom. The second-order valence-corrected chi connectivity index (χ2v) is 4.47. The number of H-pyrrole nitrogens is 1. The molecule has 2 aromatic rings. The minimum absolute atomic E-state index is 0.401. The van der Waals surface area contributed by atoms with Gasteiger partial charge in [-0.1, -0.05) is 11.6 Å². The van der Waals surface area contributed by atoms with Crippen LogP contribution in [0.5, 0.6) is 0 Å². The molecule has 0 saturated heterocycles. The molecule has 0 unspecified atom stereocenters. The van der Waals surface area contributed by atoms with Gasteiger partial charge in [-0.25, -0.2) is 0 Å². The predicted octanol–water partition coefficient (Wildman–Crippen LogP) is 2.52. The Kier molecular flexibility index (Phi) is 2.40. The maximum atomic E-state index is 10.9. The zero-order valence-electron chi connectivity index (χ0n) is 6.97. The number of carbonyl (C=O) groups excluding carboxylic acids is 1. The molecule has 2 rings (SSSR count). The van der Waals surface area contributed by atoms with Gasteiger partial charge < -0.3 is 10.7 Å². The van der Waals surface area contributed by atoms with Crippen molar-refractivity contribution in [3.05, 3.63) is 32.5 Å². The molecule has 3 nitrogen and oxygen atoms in total. The van der Waals surface area contributed by atoms with Gasteiger partial charge in [-0.15, -0.1) is 0 Å². The summed E-state index contributed by atoms with van der Waals surface area (Å²) in [7, 11) is 0. The molecule has 0 bridgehead atoms. The zero-order valence-corrected chi connectivity index (χ0v) is 9.89. The van der Waals surface area contributed by atoms with Gasteiger partial charge in [0.2, 0.25) is 0 Å². The maximum Gasteiger partial charge on any atom is 0.265 e. The molecule has 0 spiro atoms. The van der Waals surface area contributed by atoms with Gasteiger partial charge in [0.05, 0.1) is 5.02 Å². The monoisotopic (exact) mass is 320 g/mol. The van der Waals surface area contributed by atoms with E-state index in [9.17, 15) is 4.79 Å². The summed E-state index contributed by atoms with van der Waals surface area (Å²) in [5.74, 6) is -0.465. The highest BCUT2D eigenvalue weighted by atomic mass is 127. The summed E-state index contributed by atoms with van der Waals surface area (Å²) in [4.78, 5) is 13.8. The summed E-state index contributed by atoms with van der Waals surface area (Å²) in [5, 5.41) is 1.60. The van der Waals surface area contributed by atoms with E-state index in [0.717, 1.165) is 14.5 Å². The van der Waals surface area contributed by atoms with Crippen molar-refractivity contribution < 1.29 is 4.79 Å². The molecule has 1 aromatic carbocycles. The number of aromatic amines is 1. The number of hydrogen-bond acceptors (Lipinski definition) is 1. The molecule has 0 atom stereocenters. The van der Waals surface area contributed by atoms with Crippen LogP contribution in [0.15, 0.2) is 18.2 Å². The van der Waals surface area contributed by atoms with Crippen molar-refractivity contribution in [1.82, 2.24) is 4.98 Å². The normalized spacial score (nSPS) is 10.7. The molecular formula is C9H6ClIN2O. The van der Waals surface area contributed by atoms with Gasteiger partial charge in [0.25, 0.3) is 5.91 Å². The fraction of sp³-hybridized carbons (Fsp3) is 0. The number of nitrogens with two attached hydrogens (primary N) is 1. The van der Waals surface area contributed by atoms with Crippen LogP contribution in [-0.2, 0) is 0 Å². The molecule has 0 radical (unpaired) electrons. The first-order valence-electron chi connectivity index (χ1n) is 3.85. The van der Waals surface area contributed by atoms with E-state index in [2.05, 4.69) is 27.6 Å². The lowest BCUT2D eigenvalue weighted by molar-refractivity contribution is 0.0996. The van der Waals surface area contributed by atoms with Gasteiger partial charge >= 0.3 is 0 Å². The SMILES string of the molecule is NC(=O)c1cc2cc(I)c(Cl)cc2[nH]1. The topological polar surface area (TPSA) is 58.9 Å². The van der Waals surface area contributed by atoms with Crippen LogP contribution < -0.4 is 5.73 Å². The van der Waals surface area contributed by atoms with Crippen LogP contribution in [0.25, 0.3) is 10.9 Å². The first kappa shape index (κ1) is 9.79. The molecule has 14 heavy (non-hydrogen) atoms. The van der Waals surface area contributed by atoms with Crippen molar-refractivity contribution in [2.75, 3.05) is 0 Å². The Labute approximate surface area is 98.8 Å². The largest absolute Gasteiger partial charge is 0.364 e. The lowest BCUT2D eigenvalue weighted by atomic mass is 10.2. The molecule has 0 fully saturated rings. The fourth-order valence-corrected chi connectivity index (χ4v) is 1.91. The smallest absolute Gasteiger partial charge is 0.265 e. The van der Waals surface area contributed by atoms with E-state index in [1.807, 2.05) is 6.07 Å². The van der Waals surface area contributed by atoms with Crippen molar-refractivity contribution in [1.29, 1.82) is 0 Å². The molecule has 1 amide bonds. The van der Waals surface area contributed by atoms with Crippen molar-refractivity contribution in [2.24, 2.45) is 5.73 Å². The average molecular weight is 321 g/mol. The minimum atomic E-state index is -0.465. The maximum absolute atomic E-state index is 10.9. The number of rotatable bonds is 1. The zero-order chi connectivity index (χ0) is 10.3.